The molecule has 5 heterocycles. The summed E-state index contributed by atoms with van der Waals surface area (Å²) in [5.41, 5.74) is 5.84. The third-order valence-corrected chi connectivity index (χ3v) is 6.56. The molecule has 4 aromatic heterocycles. The molecule has 0 aliphatic carbocycles. The largest absolute Gasteiger partial charge is 0.370 e. The molecular formula is C26H27FN8. The van der Waals surface area contributed by atoms with Gasteiger partial charge in [0.2, 0.25) is 0 Å². The average Bonchev–Trinajstić information content (AvgIpc) is 3.49. The molecule has 0 atom stereocenters. The van der Waals surface area contributed by atoms with E-state index in [0.717, 1.165) is 42.0 Å². The molecule has 0 amide bonds. The molecule has 0 bridgehead atoms. The van der Waals surface area contributed by atoms with E-state index in [-0.39, 0.29) is 5.82 Å². The van der Waals surface area contributed by atoms with Crippen LogP contribution in [0.2, 0.25) is 0 Å². The number of hydrogen-bond donors (Lipinski definition) is 2. The fourth-order valence-corrected chi connectivity index (χ4v) is 4.96. The van der Waals surface area contributed by atoms with Gasteiger partial charge in [-0.1, -0.05) is 0 Å². The van der Waals surface area contributed by atoms with E-state index in [1.54, 1.807) is 18.5 Å². The highest BCUT2D eigenvalue weighted by atomic mass is 19.1. The van der Waals surface area contributed by atoms with Crippen molar-refractivity contribution in [2.24, 2.45) is 0 Å². The minimum atomic E-state index is -0.347. The van der Waals surface area contributed by atoms with Crippen molar-refractivity contribution in [1.29, 1.82) is 0 Å². The van der Waals surface area contributed by atoms with Crippen molar-refractivity contribution in [3.8, 4) is 22.6 Å². The number of rotatable bonds is 5. The number of nitrogens with zero attached hydrogens (tertiary/aromatic N) is 6. The lowest BCUT2D eigenvalue weighted by molar-refractivity contribution is 0.402. The van der Waals surface area contributed by atoms with Crippen LogP contribution in [0.25, 0.3) is 44.7 Å². The number of halogens is 1. The molecule has 178 valence electrons. The molecule has 1 aliphatic rings. The summed E-state index contributed by atoms with van der Waals surface area (Å²) in [4.78, 5) is 21.3. The number of aromatic amines is 2. The van der Waals surface area contributed by atoms with Crippen LogP contribution in [0.3, 0.4) is 0 Å². The Morgan fingerprint density at radius 1 is 1.09 bits per heavy atom. The summed E-state index contributed by atoms with van der Waals surface area (Å²) in [7, 11) is 3.99. The molecular weight excluding hydrogens is 443 g/mol. The molecule has 5 aromatic rings. The number of pyridine rings is 2. The topological polar surface area (TPSA) is 89.6 Å². The number of anilines is 1. The van der Waals surface area contributed by atoms with Gasteiger partial charge in [0.25, 0.3) is 0 Å². The predicted octanol–water partition coefficient (Wildman–Crippen LogP) is 4.75. The summed E-state index contributed by atoms with van der Waals surface area (Å²) in [5, 5.41) is 7.80. The SMILES string of the molecule is CN(C)Cc1cncc(-c2ccc3[nH]nc(-c4nc5nccc(N6CCCCC6)c5[nH]4)c3c2F)c1. The molecule has 8 nitrogen and oxygen atoms in total. The molecule has 2 N–H and O–H groups in total. The molecule has 0 unspecified atom stereocenters. The highest BCUT2D eigenvalue weighted by Gasteiger charge is 2.22. The quantitative estimate of drug-likeness (QED) is 0.385. The van der Waals surface area contributed by atoms with E-state index in [4.69, 9.17) is 4.98 Å². The molecule has 35 heavy (non-hydrogen) atoms. The van der Waals surface area contributed by atoms with Gasteiger partial charge in [0.05, 0.1) is 16.6 Å². The van der Waals surface area contributed by atoms with Gasteiger partial charge in [-0.05, 0) is 63.2 Å². The van der Waals surface area contributed by atoms with Crippen molar-refractivity contribution < 1.29 is 4.39 Å². The van der Waals surface area contributed by atoms with Crippen molar-refractivity contribution in [1.82, 2.24) is 35.0 Å². The second kappa shape index (κ2) is 8.74. The van der Waals surface area contributed by atoms with Crippen LogP contribution in [-0.2, 0) is 6.54 Å². The number of hydrogen-bond acceptors (Lipinski definition) is 6. The normalized spacial score (nSPS) is 14.5. The lowest BCUT2D eigenvalue weighted by atomic mass is 10.0. The van der Waals surface area contributed by atoms with Crippen LogP contribution in [0.5, 0.6) is 0 Å². The Hall–Kier alpha value is -3.85. The van der Waals surface area contributed by atoms with Gasteiger partial charge < -0.3 is 14.8 Å². The summed E-state index contributed by atoms with van der Waals surface area (Å²) in [6, 6.07) is 7.62. The van der Waals surface area contributed by atoms with Gasteiger partial charge in [0.1, 0.15) is 17.0 Å². The summed E-state index contributed by atoms with van der Waals surface area (Å²) < 4.78 is 16.0. The lowest BCUT2D eigenvalue weighted by Crippen LogP contribution is -2.29. The van der Waals surface area contributed by atoms with Crippen molar-refractivity contribution in [2.45, 2.75) is 25.8 Å². The summed E-state index contributed by atoms with van der Waals surface area (Å²) in [5.74, 6) is 0.151. The Labute approximate surface area is 202 Å². The second-order valence-corrected chi connectivity index (χ2v) is 9.40. The maximum atomic E-state index is 16.0. The van der Waals surface area contributed by atoms with Crippen molar-refractivity contribution >= 4 is 27.8 Å². The van der Waals surface area contributed by atoms with Gasteiger partial charge >= 0.3 is 0 Å². The molecule has 0 radical (unpaired) electrons. The van der Waals surface area contributed by atoms with Gasteiger partial charge in [0, 0.05) is 49.4 Å². The lowest BCUT2D eigenvalue weighted by Gasteiger charge is -2.28. The van der Waals surface area contributed by atoms with Crippen LogP contribution in [0.4, 0.5) is 10.1 Å². The number of H-pyrrole nitrogens is 2. The highest BCUT2D eigenvalue weighted by Crippen LogP contribution is 2.35. The number of imidazole rings is 1. The first-order valence-corrected chi connectivity index (χ1v) is 11.9. The predicted molar refractivity (Wildman–Crippen MR) is 136 cm³/mol. The third kappa shape index (κ3) is 3.91. The molecule has 0 spiro atoms. The Morgan fingerprint density at radius 2 is 1.94 bits per heavy atom. The number of piperidine rings is 1. The zero-order valence-electron chi connectivity index (χ0n) is 19.8. The van der Waals surface area contributed by atoms with E-state index < -0.39 is 0 Å². The van der Waals surface area contributed by atoms with Crippen LogP contribution in [0.1, 0.15) is 24.8 Å². The molecule has 1 fully saturated rings. The smallest absolute Gasteiger partial charge is 0.180 e. The van der Waals surface area contributed by atoms with Crippen LogP contribution < -0.4 is 4.90 Å². The maximum absolute atomic E-state index is 16.0. The zero-order valence-corrected chi connectivity index (χ0v) is 19.8. The van der Waals surface area contributed by atoms with E-state index in [9.17, 15) is 0 Å². The van der Waals surface area contributed by atoms with Crippen LogP contribution in [-0.4, -0.2) is 62.2 Å². The monoisotopic (exact) mass is 470 g/mol. The number of benzene rings is 1. The van der Waals surface area contributed by atoms with Gasteiger partial charge in [0.15, 0.2) is 11.5 Å². The van der Waals surface area contributed by atoms with Crippen LogP contribution in [0, 0.1) is 5.82 Å². The minimum absolute atomic E-state index is 0.347. The Morgan fingerprint density at radius 3 is 2.77 bits per heavy atom. The molecule has 6 rings (SSSR count). The molecule has 1 saturated heterocycles. The Bertz CT molecular complexity index is 1510. The third-order valence-electron chi connectivity index (χ3n) is 6.56. The van der Waals surface area contributed by atoms with Gasteiger partial charge in [-0.2, -0.15) is 5.10 Å². The van der Waals surface area contributed by atoms with Crippen molar-refractivity contribution in [3.05, 3.63) is 54.2 Å². The van der Waals surface area contributed by atoms with Crippen LogP contribution >= 0.6 is 0 Å². The van der Waals surface area contributed by atoms with Crippen LogP contribution in [0.15, 0.2) is 42.9 Å². The zero-order chi connectivity index (χ0) is 23.9. The second-order valence-electron chi connectivity index (χ2n) is 9.40. The standard InChI is InChI=1S/C26H27FN8/c1-34(2)15-16-12-17(14-28-13-16)18-6-7-19-21(22(18)27)24(33-32-19)26-30-23-20(8-9-29-25(23)31-26)35-10-4-3-5-11-35/h6-9,12-14H,3-5,10-11,15H2,1-2H3,(H,32,33)(H,29,30,31). The van der Waals surface area contributed by atoms with E-state index in [1.165, 1.54) is 19.3 Å². The van der Waals surface area contributed by atoms with Gasteiger partial charge in [-0.15, -0.1) is 0 Å². The molecule has 0 saturated carbocycles. The highest BCUT2D eigenvalue weighted by molar-refractivity contribution is 5.97. The van der Waals surface area contributed by atoms with Gasteiger partial charge in [-0.3, -0.25) is 10.1 Å². The molecule has 9 heteroatoms. The average molecular weight is 471 g/mol. The summed E-state index contributed by atoms with van der Waals surface area (Å²) in [6.07, 6.45) is 8.89. The number of aromatic nitrogens is 6. The van der Waals surface area contributed by atoms with Gasteiger partial charge in [-0.25, -0.2) is 14.4 Å². The molecule has 1 aliphatic heterocycles. The fourth-order valence-electron chi connectivity index (χ4n) is 4.96. The minimum Gasteiger partial charge on any atom is -0.370 e. The Balaban J connectivity index is 1.45. The Kier molecular flexibility index (Phi) is 5.41. The fraction of sp³-hybridized carbons (Fsp3) is 0.308. The molecule has 1 aromatic carbocycles. The first kappa shape index (κ1) is 21.7. The first-order chi connectivity index (χ1) is 17.1. The van der Waals surface area contributed by atoms with E-state index in [1.807, 2.05) is 38.5 Å². The number of fused-ring (bicyclic) bond motifs is 2. The maximum Gasteiger partial charge on any atom is 0.180 e. The van der Waals surface area contributed by atoms with E-state index in [2.05, 4.69) is 34.9 Å². The van der Waals surface area contributed by atoms with Crippen molar-refractivity contribution in [2.75, 3.05) is 32.1 Å². The number of nitrogens with one attached hydrogen (secondary N) is 2. The summed E-state index contributed by atoms with van der Waals surface area (Å²) in [6.45, 7) is 2.75. The van der Waals surface area contributed by atoms with E-state index >= 15 is 4.39 Å². The van der Waals surface area contributed by atoms with E-state index in [0.29, 0.717) is 33.6 Å². The summed E-state index contributed by atoms with van der Waals surface area (Å²) >= 11 is 0. The van der Waals surface area contributed by atoms with Crippen molar-refractivity contribution in [3.63, 3.8) is 0 Å². The first-order valence-electron chi connectivity index (χ1n) is 11.9.